The standard InChI is InChI=1S/C23H20ClF3N2O3/c24-19-9-15(7-8-16(19)14-10-28-11-14)30-12-18-21(29-32-22(18)13-5-6-13)17-3-1-2-4-20(17)31-23(25,26)27/h1-4,7-9,13-14,28H,5-6,10-12H2. The van der Waals surface area contributed by atoms with Crippen LogP contribution >= 0.6 is 11.6 Å². The molecule has 1 aromatic heterocycles. The lowest BCUT2D eigenvalue weighted by molar-refractivity contribution is -0.274. The summed E-state index contributed by atoms with van der Waals surface area (Å²) in [6.07, 6.45) is -2.93. The van der Waals surface area contributed by atoms with Crippen LogP contribution in [0.4, 0.5) is 13.2 Å². The normalized spacial score (nSPS) is 16.6. The molecule has 2 fully saturated rings. The first-order valence-corrected chi connectivity index (χ1v) is 10.7. The molecule has 2 aromatic carbocycles. The number of aromatic nitrogens is 1. The molecule has 9 heteroatoms. The molecule has 32 heavy (non-hydrogen) atoms. The van der Waals surface area contributed by atoms with Gasteiger partial charge in [-0.05, 0) is 42.7 Å². The Balaban J connectivity index is 1.43. The van der Waals surface area contributed by atoms with Crippen molar-refractivity contribution in [1.82, 2.24) is 10.5 Å². The molecule has 0 atom stereocenters. The van der Waals surface area contributed by atoms with Crippen LogP contribution in [0.25, 0.3) is 11.3 Å². The van der Waals surface area contributed by atoms with Crippen molar-refractivity contribution >= 4 is 11.6 Å². The number of alkyl halides is 3. The lowest BCUT2D eigenvalue weighted by Crippen LogP contribution is -2.39. The minimum absolute atomic E-state index is 0.0890. The topological polar surface area (TPSA) is 56.5 Å². The Labute approximate surface area is 187 Å². The Hall–Kier alpha value is -2.71. The second-order valence-electron chi connectivity index (χ2n) is 8.02. The highest BCUT2D eigenvalue weighted by atomic mass is 35.5. The number of hydrogen-bond donors (Lipinski definition) is 1. The van der Waals surface area contributed by atoms with Gasteiger partial charge in [-0.3, -0.25) is 0 Å². The first-order valence-electron chi connectivity index (χ1n) is 10.4. The van der Waals surface area contributed by atoms with Gasteiger partial charge in [0.05, 0.1) is 5.56 Å². The molecule has 3 aromatic rings. The van der Waals surface area contributed by atoms with Crippen molar-refractivity contribution in [3.05, 3.63) is 64.4 Å². The van der Waals surface area contributed by atoms with E-state index in [4.69, 9.17) is 20.9 Å². The Bertz CT molecular complexity index is 1120. The van der Waals surface area contributed by atoms with Crippen LogP contribution in [0.15, 0.2) is 47.0 Å². The highest BCUT2D eigenvalue weighted by Gasteiger charge is 2.36. The van der Waals surface area contributed by atoms with Gasteiger partial charge in [-0.15, -0.1) is 13.2 Å². The van der Waals surface area contributed by atoms with E-state index in [1.165, 1.54) is 18.2 Å². The molecule has 5 rings (SSSR count). The Morgan fingerprint density at radius 1 is 1.09 bits per heavy atom. The van der Waals surface area contributed by atoms with Crippen LogP contribution in [0.1, 0.15) is 41.6 Å². The third-order valence-electron chi connectivity index (χ3n) is 5.71. The van der Waals surface area contributed by atoms with E-state index in [0.29, 0.717) is 28.0 Å². The van der Waals surface area contributed by atoms with E-state index in [1.807, 2.05) is 12.1 Å². The molecule has 1 saturated heterocycles. The molecule has 0 unspecified atom stereocenters. The van der Waals surface area contributed by atoms with Crippen LogP contribution in [0.3, 0.4) is 0 Å². The van der Waals surface area contributed by atoms with Gasteiger partial charge < -0.3 is 19.3 Å². The van der Waals surface area contributed by atoms with Crippen molar-refractivity contribution in [2.75, 3.05) is 13.1 Å². The molecule has 0 amide bonds. The molecule has 1 N–H and O–H groups in total. The lowest BCUT2D eigenvalue weighted by Gasteiger charge is -2.28. The van der Waals surface area contributed by atoms with Crippen LogP contribution in [-0.4, -0.2) is 24.6 Å². The van der Waals surface area contributed by atoms with Gasteiger partial charge in [0.1, 0.15) is 29.6 Å². The fourth-order valence-corrected chi connectivity index (χ4v) is 4.13. The predicted molar refractivity (Wildman–Crippen MR) is 112 cm³/mol. The average Bonchev–Trinajstić information content (AvgIpc) is 3.46. The smallest absolute Gasteiger partial charge is 0.489 e. The van der Waals surface area contributed by atoms with Crippen molar-refractivity contribution in [1.29, 1.82) is 0 Å². The number of rotatable bonds is 7. The quantitative estimate of drug-likeness (QED) is 0.462. The largest absolute Gasteiger partial charge is 0.573 e. The van der Waals surface area contributed by atoms with Crippen LogP contribution in [-0.2, 0) is 6.61 Å². The van der Waals surface area contributed by atoms with E-state index in [-0.39, 0.29) is 29.5 Å². The van der Waals surface area contributed by atoms with Crippen molar-refractivity contribution in [2.45, 2.75) is 37.6 Å². The number of benzene rings is 2. The summed E-state index contributed by atoms with van der Waals surface area (Å²) in [6.45, 7) is 1.88. The molecule has 168 valence electrons. The van der Waals surface area contributed by atoms with Crippen molar-refractivity contribution in [3.63, 3.8) is 0 Å². The monoisotopic (exact) mass is 464 g/mol. The zero-order valence-corrected chi connectivity index (χ0v) is 17.7. The van der Waals surface area contributed by atoms with E-state index in [0.717, 1.165) is 31.5 Å². The zero-order valence-electron chi connectivity index (χ0n) is 16.9. The SMILES string of the molecule is FC(F)(F)Oc1ccccc1-c1noc(C2CC2)c1COc1ccc(C2CNC2)c(Cl)c1. The van der Waals surface area contributed by atoms with Gasteiger partial charge in [0.2, 0.25) is 0 Å². The summed E-state index contributed by atoms with van der Waals surface area (Å²) in [7, 11) is 0. The average molecular weight is 465 g/mol. The van der Waals surface area contributed by atoms with Crippen LogP contribution in [0, 0.1) is 0 Å². The van der Waals surface area contributed by atoms with Gasteiger partial charge in [-0.25, -0.2) is 0 Å². The maximum absolute atomic E-state index is 12.9. The van der Waals surface area contributed by atoms with E-state index in [2.05, 4.69) is 15.2 Å². The number of halogens is 4. The van der Waals surface area contributed by atoms with Crippen LogP contribution < -0.4 is 14.8 Å². The third-order valence-corrected chi connectivity index (χ3v) is 6.04. The highest BCUT2D eigenvalue weighted by Crippen LogP contribution is 2.45. The molecule has 1 saturated carbocycles. The third kappa shape index (κ3) is 4.42. The number of nitrogens with one attached hydrogen (secondary N) is 1. The summed E-state index contributed by atoms with van der Waals surface area (Å²) in [5.41, 5.74) is 2.18. The van der Waals surface area contributed by atoms with Gasteiger partial charge in [-0.1, -0.05) is 35.0 Å². The van der Waals surface area contributed by atoms with E-state index >= 15 is 0 Å². The van der Waals surface area contributed by atoms with E-state index < -0.39 is 6.36 Å². The summed E-state index contributed by atoms with van der Waals surface area (Å²) in [6, 6.07) is 11.5. The molecular weight excluding hydrogens is 445 g/mol. The fraction of sp³-hybridized carbons (Fsp3) is 0.348. The van der Waals surface area contributed by atoms with Gasteiger partial charge in [0.15, 0.2) is 0 Å². The van der Waals surface area contributed by atoms with Gasteiger partial charge in [-0.2, -0.15) is 0 Å². The first-order chi connectivity index (χ1) is 15.4. The molecule has 5 nitrogen and oxygen atoms in total. The fourth-order valence-electron chi connectivity index (χ4n) is 3.81. The van der Waals surface area contributed by atoms with Crippen molar-refractivity contribution in [3.8, 4) is 22.8 Å². The Morgan fingerprint density at radius 2 is 1.88 bits per heavy atom. The van der Waals surface area contributed by atoms with E-state index in [9.17, 15) is 13.2 Å². The Morgan fingerprint density at radius 3 is 2.53 bits per heavy atom. The summed E-state index contributed by atoms with van der Waals surface area (Å²) in [5.74, 6) is 1.47. The highest BCUT2D eigenvalue weighted by molar-refractivity contribution is 6.31. The number of nitrogens with zero attached hydrogens (tertiary/aromatic N) is 1. The minimum Gasteiger partial charge on any atom is -0.489 e. The second kappa shape index (κ2) is 8.33. The maximum Gasteiger partial charge on any atom is 0.573 e. The molecular formula is C23H20ClF3N2O3. The lowest BCUT2D eigenvalue weighted by atomic mass is 9.94. The molecule has 2 heterocycles. The molecule has 1 aliphatic heterocycles. The van der Waals surface area contributed by atoms with Gasteiger partial charge >= 0.3 is 6.36 Å². The van der Waals surface area contributed by atoms with Gasteiger partial charge in [0.25, 0.3) is 0 Å². The maximum atomic E-state index is 12.9. The van der Waals surface area contributed by atoms with Crippen LogP contribution in [0.5, 0.6) is 11.5 Å². The summed E-state index contributed by atoms with van der Waals surface area (Å²) in [5, 5.41) is 7.94. The summed E-state index contributed by atoms with van der Waals surface area (Å²) >= 11 is 6.44. The number of para-hydroxylation sites is 1. The molecule has 2 aliphatic rings. The second-order valence-corrected chi connectivity index (χ2v) is 8.43. The number of hydrogen-bond acceptors (Lipinski definition) is 5. The van der Waals surface area contributed by atoms with E-state index in [1.54, 1.807) is 12.1 Å². The Kier molecular flexibility index (Phi) is 5.51. The molecule has 1 aliphatic carbocycles. The molecule has 0 radical (unpaired) electrons. The molecule has 0 bridgehead atoms. The first kappa shape index (κ1) is 21.2. The summed E-state index contributed by atoms with van der Waals surface area (Å²) in [4.78, 5) is 0. The van der Waals surface area contributed by atoms with Gasteiger partial charge in [0, 0.05) is 35.5 Å². The minimum atomic E-state index is -4.82. The molecule has 0 spiro atoms. The predicted octanol–water partition coefficient (Wildman–Crippen LogP) is 6.04. The van der Waals surface area contributed by atoms with Crippen molar-refractivity contribution in [2.24, 2.45) is 0 Å². The zero-order chi connectivity index (χ0) is 22.3. The van der Waals surface area contributed by atoms with Crippen LogP contribution in [0.2, 0.25) is 5.02 Å². The van der Waals surface area contributed by atoms with Crippen molar-refractivity contribution < 1.29 is 27.2 Å². The number of ether oxygens (including phenoxy) is 2. The summed E-state index contributed by atoms with van der Waals surface area (Å²) < 4.78 is 54.4.